The number of hydrogen-bond donors (Lipinski definition) is 1. The van der Waals surface area contributed by atoms with E-state index in [1.807, 2.05) is 0 Å². The van der Waals surface area contributed by atoms with Gasteiger partial charge in [-0.15, -0.1) is 11.3 Å². The Hall–Kier alpha value is -0.700. The predicted octanol–water partition coefficient (Wildman–Crippen LogP) is -0.110. The van der Waals surface area contributed by atoms with Crippen molar-refractivity contribution >= 4 is 26.7 Å². The first kappa shape index (κ1) is 11.8. The van der Waals surface area contributed by atoms with Crippen molar-refractivity contribution in [2.75, 3.05) is 26.4 Å². The molecule has 1 aromatic rings. The lowest BCUT2D eigenvalue weighted by molar-refractivity contribution is 0.360. The molecule has 8 heteroatoms. The number of anilines is 1. The first-order valence-electron chi connectivity index (χ1n) is 4.83. The van der Waals surface area contributed by atoms with E-state index >= 15 is 0 Å². The molecule has 0 aromatic carbocycles. The number of fused-ring (bicyclic) bond motifs is 1. The van der Waals surface area contributed by atoms with Crippen molar-refractivity contribution in [3.63, 3.8) is 0 Å². The van der Waals surface area contributed by atoms with Gasteiger partial charge >= 0.3 is 0 Å². The lowest BCUT2D eigenvalue weighted by Gasteiger charge is -2.27. The van der Waals surface area contributed by atoms with Crippen molar-refractivity contribution in [2.45, 2.75) is 13.0 Å². The Kier molecular flexibility index (Phi) is 2.91. The topological polar surface area (TPSA) is 79.5 Å². The van der Waals surface area contributed by atoms with Crippen LogP contribution in [-0.4, -0.2) is 42.7 Å². The quantitative estimate of drug-likeness (QED) is 0.806. The number of nitrogens with two attached hydrogens (primary N) is 1. The van der Waals surface area contributed by atoms with Gasteiger partial charge in [0.25, 0.3) is 10.2 Å². The molecule has 90 valence electrons. The Bertz CT molecular complexity index is 494. The molecule has 1 aliphatic rings. The molecule has 0 saturated heterocycles. The highest BCUT2D eigenvalue weighted by Gasteiger charge is 2.30. The maximum atomic E-state index is 11.9. The van der Waals surface area contributed by atoms with Crippen molar-refractivity contribution in [3.8, 4) is 0 Å². The summed E-state index contributed by atoms with van der Waals surface area (Å²) in [6, 6.07) is 0. The zero-order valence-corrected chi connectivity index (χ0v) is 10.8. The summed E-state index contributed by atoms with van der Waals surface area (Å²) >= 11 is 1.36. The van der Waals surface area contributed by atoms with Crippen molar-refractivity contribution in [3.05, 3.63) is 10.6 Å². The minimum absolute atomic E-state index is 0.380. The third-order valence-corrected chi connectivity index (χ3v) is 5.30. The van der Waals surface area contributed by atoms with Crippen molar-refractivity contribution < 1.29 is 8.42 Å². The van der Waals surface area contributed by atoms with Gasteiger partial charge in [0.1, 0.15) is 0 Å². The van der Waals surface area contributed by atoms with Crippen molar-refractivity contribution in [1.29, 1.82) is 0 Å². The van der Waals surface area contributed by atoms with Gasteiger partial charge in [-0.3, -0.25) is 0 Å². The van der Waals surface area contributed by atoms with Gasteiger partial charge in [-0.2, -0.15) is 17.0 Å². The summed E-state index contributed by atoms with van der Waals surface area (Å²) in [7, 11) is -0.261. The van der Waals surface area contributed by atoms with Crippen LogP contribution in [0.3, 0.4) is 0 Å². The third-order valence-electron chi connectivity index (χ3n) is 2.50. The molecule has 0 radical (unpaired) electrons. The molecule has 0 amide bonds. The molecule has 0 aliphatic carbocycles. The number of rotatable bonds is 2. The summed E-state index contributed by atoms with van der Waals surface area (Å²) in [4.78, 5) is 5.13. The second kappa shape index (κ2) is 3.95. The van der Waals surface area contributed by atoms with Gasteiger partial charge in [0.05, 0.1) is 12.2 Å². The Morgan fingerprint density at radius 2 is 2.19 bits per heavy atom. The Labute approximate surface area is 98.9 Å². The predicted molar refractivity (Wildman–Crippen MR) is 63.2 cm³/mol. The van der Waals surface area contributed by atoms with E-state index in [-0.39, 0.29) is 0 Å². The molecule has 1 aliphatic heterocycles. The number of thiazole rings is 1. The van der Waals surface area contributed by atoms with Crippen LogP contribution in [0.15, 0.2) is 0 Å². The van der Waals surface area contributed by atoms with Crippen LogP contribution in [0, 0.1) is 0 Å². The SMILES string of the molecule is CN(C)S(=O)(=O)N1CCc2nc(N)sc2C1. The van der Waals surface area contributed by atoms with Crippen LogP contribution in [-0.2, 0) is 23.2 Å². The normalized spacial score (nSPS) is 17.7. The molecule has 2 rings (SSSR count). The Morgan fingerprint density at radius 1 is 1.50 bits per heavy atom. The lowest BCUT2D eigenvalue weighted by atomic mass is 10.2. The average molecular weight is 262 g/mol. The minimum atomic E-state index is -3.33. The van der Waals surface area contributed by atoms with E-state index in [9.17, 15) is 8.42 Å². The second-order valence-electron chi connectivity index (χ2n) is 3.80. The van der Waals surface area contributed by atoms with Crippen LogP contribution in [0.4, 0.5) is 5.13 Å². The van der Waals surface area contributed by atoms with Gasteiger partial charge in [-0.05, 0) is 0 Å². The highest BCUT2D eigenvalue weighted by molar-refractivity contribution is 7.86. The highest BCUT2D eigenvalue weighted by atomic mass is 32.2. The molecular formula is C8H14N4O2S2. The monoisotopic (exact) mass is 262 g/mol. The van der Waals surface area contributed by atoms with E-state index in [1.54, 1.807) is 0 Å². The van der Waals surface area contributed by atoms with E-state index in [2.05, 4.69) is 4.98 Å². The fourth-order valence-electron chi connectivity index (χ4n) is 1.62. The maximum absolute atomic E-state index is 11.9. The molecule has 6 nitrogen and oxygen atoms in total. The van der Waals surface area contributed by atoms with Gasteiger partial charge in [0, 0.05) is 31.9 Å². The van der Waals surface area contributed by atoms with Gasteiger partial charge in [-0.1, -0.05) is 0 Å². The Morgan fingerprint density at radius 3 is 2.81 bits per heavy atom. The standard InChI is InChI=1S/C8H14N4O2S2/c1-11(2)16(13,14)12-4-3-6-7(5-12)15-8(9)10-6/h3-5H2,1-2H3,(H2,9,10). The molecule has 0 atom stereocenters. The van der Waals surface area contributed by atoms with Crippen molar-refractivity contribution in [2.24, 2.45) is 0 Å². The number of nitrogens with zero attached hydrogens (tertiary/aromatic N) is 3. The molecule has 1 aromatic heterocycles. The number of nitrogen functional groups attached to an aromatic ring is 1. The van der Waals surface area contributed by atoms with E-state index in [0.29, 0.717) is 24.6 Å². The zero-order valence-electron chi connectivity index (χ0n) is 9.17. The van der Waals surface area contributed by atoms with E-state index in [1.165, 1.54) is 34.0 Å². The van der Waals surface area contributed by atoms with Crippen LogP contribution in [0.25, 0.3) is 0 Å². The fourth-order valence-corrected chi connectivity index (χ4v) is 3.67. The number of aromatic nitrogens is 1. The van der Waals surface area contributed by atoms with Crippen LogP contribution < -0.4 is 5.73 Å². The molecule has 0 fully saturated rings. The van der Waals surface area contributed by atoms with Gasteiger partial charge in [0.15, 0.2) is 5.13 Å². The second-order valence-corrected chi connectivity index (χ2v) is 7.05. The summed E-state index contributed by atoms with van der Waals surface area (Å²) in [5.41, 5.74) is 6.54. The molecule has 0 bridgehead atoms. The van der Waals surface area contributed by atoms with Gasteiger partial charge < -0.3 is 5.73 Å². The van der Waals surface area contributed by atoms with Crippen molar-refractivity contribution in [1.82, 2.24) is 13.6 Å². The van der Waals surface area contributed by atoms with Gasteiger partial charge in [-0.25, -0.2) is 4.98 Å². The molecule has 0 spiro atoms. The summed E-state index contributed by atoms with van der Waals surface area (Å²) in [6.07, 6.45) is 0.635. The molecule has 0 unspecified atom stereocenters. The first-order chi connectivity index (χ1) is 7.41. The molecule has 16 heavy (non-hydrogen) atoms. The number of hydrogen-bond acceptors (Lipinski definition) is 5. The summed E-state index contributed by atoms with van der Waals surface area (Å²) < 4.78 is 26.5. The van der Waals surface area contributed by atoms with E-state index in [0.717, 1.165) is 10.6 Å². The minimum Gasteiger partial charge on any atom is -0.375 e. The molecule has 2 heterocycles. The molecule has 0 saturated carbocycles. The van der Waals surface area contributed by atoms with E-state index in [4.69, 9.17) is 5.73 Å². The lowest BCUT2D eigenvalue weighted by Crippen LogP contribution is -2.42. The largest absolute Gasteiger partial charge is 0.375 e. The van der Waals surface area contributed by atoms with Crippen LogP contribution >= 0.6 is 11.3 Å². The summed E-state index contributed by atoms with van der Waals surface area (Å²) in [6.45, 7) is 0.849. The zero-order chi connectivity index (χ0) is 11.9. The van der Waals surface area contributed by atoms with E-state index < -0.39 is 10.2 Å². The summed E-state index contributed by atoms with van der Waals surface area (Å²) in [5, 5.41) is 0.508. The van der Waals surface area contributed by atoms with Crippen LogP contribution in [0.5, 0.6) is 0 Å². The van der Waals surface area contributed by atoms with Gasteiger partial charge in [0.2, 0.25) is 0 Å². The van der Waals surface area contributed by atoms with Crippen LogP contribution in [0.1, 0.15) is 10.6 Å². The van der Waals surface area contributed by atoms with Crippen LogP contribution in [0.2, 0.25) is 0 Å². The maximum Gasteiger partial charge on any atom is 0.281 e. The first-order valence-corrected chi connectivity index (χ1v) is 7.04. The smallest absolute Gasteiger partial charge is 0.281 e. The summed E-state index contributed by atoms with van der Waals surface area (Å²) in [5.74, 6) is 0. The highest BCUT2D eigenvalue weighted by Crippen LogP contribution is 2.27. The average Bonchev–Trinajstić information content (AvgIpc) is 2.56. The Balaban J connectivity index is 2.26. The fraction of sp³-hybridized carbons (Fsp3) is 0.625. The molecular weight excluding hydrogens is 248 g/mol. The molecule has 2 N–H and O–H groups in total. The third kappa shape index (κ3) is 1.93.